The van der Waals surface area contributed by atoms with Crippen LogP contribution in [0.4, 0.5) is 0 Å². The van der Waals surface area contributed by atoms with E-state index in [1.165, 1.54) is 0 Å². The molecule has 0 aliphatic rings. The zero-order valence-electron chi connectivity index (χ0n) is 2.34. The molecule has 5 heavy (non-hydrogen) atoms. The van der Waals surface area contributed by atoms with Crippen molar-refractivity contribution in [1.82, 2.24) is 0 Å². The van der Waals surface area contributed by atoms with Crippen molar-refractivity contribution in [2.75, 3.05) is 0 Å². The van der Waals surface area contributed by atoms with Crippen LogP contribution in [0.2, 0.25) is 0 Å². The normalized spacial score (nSPS) is 13.8. The molecular formula is H3N2O2P. The Morgan fingerprint density at radius 2 is 2.00 bits per heavy atom. The van der Waals surface area contributed by atoms with Crippen LogP contribution in [0.3, 0.4) is 0 Å². The highest BCUT2D eigenvalue weighted by molar-refractivity contribution is 7.40. The van der Waals surface area contributed by atoms with E-state index < -0.39 is 8.10 Å². The third kappa shape index (κ3) is 3.79. The Morgan fingerprint density at radius 3 is 2.00 bits per heavy atom. The van der Waals surface area contributed by atoms with Gasteiger partial charge in [-0.25, -0.2) is 0 Å². The molecule has 0 amide bonds. The van der Waals surface area contributed by atoms with Crippen molar-refractivity contribution in [3.63, 3.8) is 0 Å². The maximum absolute atomic E-state index is 9.30. The molecule has 30 valence electrons. The first-order valence-electron chi connectivity index (χ1n) is 0.899. The van der Waals surface area contributed by atoms with Crippen molar-refractivity contribution in [3.8, 4) is 0 Å². The molecule has 0 aromatic carbocycles. The predicted molar refractivity (Wildman–Crippen MR) is 19.0 cm³/mol. The molecule has 0 spiro atoms. The largest absolute Gasteiger partial charge is 0.281 e. The number of hydrogen-bond acceptors (Lipinski definition) is 2. The highest BCUT2D eigenvalue weighted by atomic mass is 31.1. The molecule has 0 aromatic heterocycles. The third-order valence-corrected chi connectivity index (χ3v) is 0.270. The van der Waals surface area contributed by atoms with E-state index in [2.05, 4.69) is 5.50 Å². The average Bonchev–Trinajstić information content (AvgIpc) is 1.38. The van der Waals surface area contributed by atoms with E-state index in [1.807, 2.05) is 4.95 Å². The molecule has 0 saturated heterocycles. The highest BCUT2D eigenvalue weighted by Crippen LogP contribution is 2.04. The van der Waals surface area contributed by atoms with Gasteiger partial charge in [0.05, 0.1) is 0 Å². The SMILES string of the molecule is N[PH](=O)N=O. The van der Waals surface area contributed by atoms with Gasteiger partial charge in [-0.3, -0.25) is 10.1 Å². The van der Waals surface area contributed by atoms with Crippen LogP contribution in [0.5, 0.6) is 0 Å². The second-order valence-electron chi connectivity index (χ2n) is 0.430. The summed E-state index contributed by atoms with van der Waals surface area (Å²) in [5.41, 5.74) is 4.36. The van der Waals surface area contributed by atoms with Crippen LogP contribution in [-0.2, 0) is 4.57 Å². The molecule has 1 atom stereocenters. The zero-order chi connectivity index (χ0) is 4.28. The summed E-state index contributed by atoms with van der Waals surface area (Å²) in [5.74, 6) is 0. The molecule has 0 bridgehead atoms. The first-order valence-corrected chi connectivity index (χ1v) is 2.33. The van der Waals surface area contributed by atoms with Gasteiger partial charge >= 0.3 is 0 Å². The Kier molecular flexibility index (Phi) is 1.97. The quantitative estimate of drug-likeness (QED) is 0.370. The van der Waals surface area contributed by atoms with Gasteiger partial charge in [0, 0.05) is 4.95 Å². The van der Waals surface area contributed by atoms with E-state index in [9.17, 15) is 4.57 Å². The van der Waals surface area contributed by atoms with Crippen molar-refractivity contribution >= 4 is 8.10 Å². The first-order chi connectivity index (χ1) is 2.27. The van der Waals surface area contributed by atoms with Gasteiger partial charge in [-0.1, -0.05) is 0 Å². The van der Waals surface area contributed by atoms with Crippen molar-refractivity contribution in [3.05, 3.63) is 4.91 Å². The zero-order valence-corrected chi connectivity index (χ0v) is 3.34. The van der Waals surface area contributed by atoms with Crippen LogP contribution in [0, 0.1) is 4.91 Å². The van der Waals surface area contributed by atoms with Gasteiger partial charge in [-0.05, 0) is 0 Å². The molecule has 0 saturated carbocycles. The molecule has 5 heteroatoms. The number of rotatable bonds is 1. The summed E-state index contributed by atoms with van der Waals surface area (Å²) in [7, 11) is -2.55. The van der Waals surface area contributed by atoms with Gasteiger partial charge in [-0.2, -0.15) is 0 Å². The van der Waals surface area contributed by atoms with Crippen LogP contribution < -0.4 is 5.50 Å². The monoisotopic (exact) mass is 94.0 g/mol. The topological polar surface area (TPSA) is 72.5 Å². The van der Waals surface area contributed by atoms with Gasteiger partial charge in [0.25, 0.3) is 8.10 Å². The third-order valence-electron chi connectivity index (χ3n) is 0.0900. The molecular weight excluding hydrogens is 91.0 g/mol. The van der Waals surface area contributed by atoms with Gasteiger partial charge < -0.3 is 0 Å². The minimum Gasteiger partial charge on any atom is -0.281 e. The molecule has 0 radical (unpaired) electrons. The van der Waals surface area contributed by atoms with Gasteiger partial charge in [0.15, 0.2) is 0 Å². The highest BCUT2D eigenvalue weighted by Gasteiger charge is 1.72. The summed E-state index contributed by atoms with van der Waals surface area (Å²) in [5, 5.41) is 0. The van der Waals surface area contributed by atoms with E-state index in [-0.39, 0.29) is 0 Å². The molecule has 0 heterocycles. The standard InChI is InChI=1S/H3N2O2P/c1-5(4)2-3/h5H,(H2,1,4). The fourth-order valence-corrected chi connectivity index (χ4v) is 0. The molecule has 2 N–H and O–H groups in total. The maximum atomic E-state index is 9.30. The molecule has 0 aliphatic heterocycles. The fourth-order valence-electron chi connectivity index (χ4n) is 0. The molecule has 0 rings (SSSR count). The van der Waals surface area contributed by atoms with E-state index in [0.717, 1.165) is 0 Å². The van der Waals surface area contributed by atoms with Crippen molar-refractivity contribution in [2.45, 2.75) is 0 Å². The number of nitrogens with two attached hydrogens (primary N) is 1. The molecule has 0 aromatic rings. The second kappa shape index (κ2) is 2.05. The summed E-state index contributed by atoms with van der Waals surface area (Å²) >= 11 is 0. The minimum atomic E-state index is -2.55. The Balaban J connectivity index is 3.20. The van der Waals surface area contributed by atoms with Crippen LogP contribution in [0.1, 0.15) is 0 Å². The van der Waals surface area contributed by atoms with E-state index >= 15 is 0 Å². The van der Waals surface area contributed by atoms with Gasteiger partial charge in [0.1, 0.15) is 0 Å². The minimum absolute atomic E-state index is 1.96. The summed E-state index contributed by atoms with van der Waals surface area (Å²) < 4.78 is 9.30. The van der Waals surface area contributed by atoms with E-state index in [4.69, 9.17) is 4.91 Å². The molecule has 0 fully saturated rings. The van der Waals surface area contributed by atoms with Gasteiger partial charge in [-0.15, -0.1) is 4.91 Å². The molecule has 0 aliphatic carbocycles. The second-order valence-corrected chi connectivity index (χ2v) is 1.29. The predicted octanol–water partition coefficient (Wildman–Crippen LogP) is 0.101. The lowest BCUT2D eigenvalue weighted by molar-refractivity contribution is 0.589. The Morgan fingerprint density at radius 1 is 1.80 bits per heavy atom. The summed E-state index contributed by atoms with van der Waals surface area (Å²) in [6.45, 7) is 0. The van der Waals surface area contributed by atoms with Crippen molar-refractivity contribution in [1.29, 1.82) is 0 Å². The number of hydrogen-bond donors (Lipinski definition) is 1. The average molecular weight is 94.0 g/mol. The molecule has 4 nitrogen and oxygen atoms in total. The Labute approximate surface area is 29.2 Å². The lowest BCUT2D eigenvalue weighted by Gasteiger charge is -1.61. The van der Waals surface area contributed by atoms with Crippen LogP contribution >= 0.6 is 8.10 Å². The van der Waals surface area contributed by atoms with Crippen molar-refractivity contribution in [2.24, 2.45) is 10.5 Å². The fraction of sp³-hybridized carbons (Fsp3) is 0. The number of nitroso groups, excluding NO2 is 1. The maximum Gasteiger partial charge on any atom is 0.281 e. The lowest BCUT2D eigenvalue weighted by atomic mass is 13.7. The van der Waals surface area contributed by atoms with Crippen LogP contribution in [0.25, 0.3) is 0 Å². The molecule has 1 unspecified atom stereocenters. The summed E-state index contributed by atoms with van der Waals surface area (Å²) in [6.07, 6.45) is 0. The summed E-state index contributed by atoms with van der Waals surface area (Å²) in [4.78, 5) is 10.8. The Bertz CT molecular complexity index is 58.7. The van der Waals surface area contributed by atoms with E-state index in [0.29, 0.717) is 0 Å². The van der Waals surface area contributed by atoms with Crippen LogP contribution in [-0.4, -0.2) is 0 Å². The Hall–Kier alpha value is -0.210. The lowest BCUT2D eigenvalue weighted by Crippen LogP contribution is -1.66. The smallest absolute Gasteiger partial charge is 0.281 e. The van der Waals surface area contributed by atoms with Crippen molar-refractivity contribution < 1.29 is 4.57 Å². The van der Waals surface area contributed by atoms with Crippen LogP contribution in [0.15, 0.2) is 4.95 Å². The van der Waals surface area contributed by atoms with Gasteiger partial charge in [0.2, 0.25) is 0 Å². The first kappa shape index (κ1) is 4.79. The summed E-state index contributed by atoms with van der Waals surface area (Å²) in [6, 6.07) is 0. The number of nitrogens with zero attached hydrogens (tertiary/aromatic N) is 1. The van der Waals surface area contributed by atoms with E-state index in [1.54, 1.807) is 0 Å².